The predicted molar refractivity (Wildman–Crippen MR) is 85.1 cm³/mol. The molecule has 2 rings (SSSR count). The molecular weight excluding hydrogens is 256 g/mol. The van der Waals surface area contributed by atoms with Crippen LogP contribution >= 0.6 is 11.9 Å². The molecule has 0 spiro atoms. The number of nitrogens with one attached hydrogen (secondary N) is 1. The first-order chi connectivity index (χ1) is 9.20. The fourth-order valence-electron chi connectivity index (χ4n) is 1.49. The number of hydrogen-bond acceptors (Lipinski definition) is 5. The molecule has 0 aliphatic carbocycles. The lowest BCUT2D eigenvalue weighted by molar-refractivity contribution is 1.13. The topological polar surface area (TPSA) is 63.8 Å². The summed E-state index contributed by atoms with van der Waals surface area (Å²) in [5.74, 6) is 0.479. The minimum absolute atomic E-state index is 0.479. The van der Waals surface area contributed by atoms with Gasteiger partial charge in [0, 0.05) is 17.5 Å². The molecule has 3 N–H and O–H groups in total. The molecule has 1 aromatic carbocycles. The van der Waals surface area contributed by atoms with Crippen molar-refractivity contribution >= 4 is 23.5 Å². The molecule has 0 fully saturated rings. The second-order valence-electron chi connectivity index (χ2n) is 3.61. The Morgan fingerprint density at radius 2 is 2.00 bits per heavy atom. The van der Waals surface area contributed by atoms with Crippen molar-refractivity contribution in [2.75, 3.05) is 16.7 Å². The van der Waals surface area contributed by atoms with Gasteiger partial charge in [0.25, 0.3) is 0 Å². The molecule has 5 heteroatoms. The fraction of sp³-hybridized carbons (Fsp3) is 0.286. The van der Waals surface area contributed by atoms with Gasteiger partial charge in [-0.15, -0.1) is 0 Å². The van der Waals surface area contributed by atoms with E-state index in [2.05, 4.69) is 14.7 Å². The van der Waals surface area contributed by atoms with Gasteiger partial charge in [-0.05, 0) is 19.1 Å². The van der Waals surface area contributed by atoms with Crippen LogP contribution in [0.3, 0.4) is 0 Å². The lowest BCUT2D eigenvalue weighted by Gasteiger charge is -2.06. The van der Waals surface area contributed by atoms with Gasteiger partial charge in [0.15, 0.2) is 0 Å². The lowest BCUT2D eigenvalue weighted by Crippen LogP contribution is -1.98. The maximum absolute atomic E-state index is 5.66. The van der Waals surface area contributed by atoms with E-state index < -0.39 is 0 Å². The van der Waals surface area contributed by atoms with Crippen LogP contribution in [0.1, 0.15) is 19.5 Å². The van der Waals surface area contributed by atoms with Crippen molar-refractivity contribution in [3.63, 3.8) is 0 Å². The van der Waals surface area contributed by atoms with Crippen LogP contribution in [0.25, 0.3) is 11.3 Å². The molecule has 102 valence electrons. The highest BCUT2D eigenvalue weighted by Gasteiger charge is 2.03. The summed E-state index contributed by atoms with van der Waals surface area (Å²) in [6, 6.07) is 8.04. The zero-order valence-electron chi connectivity index (χ0n) is 11.8. The van der Waals surface area contributed by atoms with E-state index in [0.717, 1.165) is 22.6 Å². The van der Waals surface area contributed by atoms with E-state index in [0.29, 0.717) is 5.82 Å². The highest BCUT2D eigenvalue weighted by Crippen LogP contribution is 2.22. The van der Waals surface area contributed by atoms with Crippen molar-refractivity contribution in [1.29, 1.82) is 0 Å². The van der Waals surface area contributed by atoms with Crippen molar-refractivity contribution < 1.29 is 0 Å². The molecular formula is C14H20N4S. The number of anilines is 2. The number of nitrogen functional groups attached to an aromatic ring is 1. The van der Waals surface area contributed by atoms with Crippen LogP contribution in [0, 0.1) is 6.92 Å². The molecule has 4 nitrogen and oxygen atoms in total. The third-order valence-electron chi connectivity index (χ3n) is 2.36. The van der Waals surface area contributed by atoms with E-state index in [9.17, 15) is 0 Å². The second kappa shape index (κ2) is 7.63. The number of hydrogen-bond donors (Lipinski definition) is 2. The summed E-state index contributed by atoms with van der Waals surface area (Å²) >= 11 is 1.56. The molecule has 2 aromatic rings. The molecule has 0 atom stereocenters. The third kappa shape index (κ3) is 4.13. The van der Waals surface area contributed by atoms with E-state index in [1.165, 1.54) is 0 Å². The van der Waals surface area contributed by atoms with Gasteiger partial charge in [0.05, 0.1) is 17.6 Å². The minimum Gasteiger partial charge on any atom is -0.382 e. The van der Waals surface area contributed by atoms with Crippen LogP contribution in [0.15, 0.2) is 30.5 Å². The molecule has 19 heavy (non-hydrogen) atoms. The van der Waals surface area contributed by atoms with Crippen molar-refractivity contribution in [2.24, 2.45) is 0 Å². The van der Waals surface area contributed by atoms with Gasteiger partial charge < -0.3 is 10.5 Å². The van der Waals surface area contributed by atoms with Gasteiger partial charge in [0.2, 0.25) is 0 Å². The number of rotatable bonds is 3. The van der Waals surface area contributed by atoms with Gasteiger partial charge >= 0.3 is 0 Å². The first-order valence-corrected chi connectivity index (χ1v) is 7.41. The van der Waals surface area contributed by atoms with Gasteiger partial charge in [-0.25, -0.2) is 9.97 Å². The Bertz CT molecular complexity index is 529. The summed E-state index contributed by atoms with van der Waals surface area (Å²) in [7, 11) is 0. The zero-order chi connectivity index (χ0) is 14.3. The first kappa shape index (κ1) is 15.3. The molecule has 0 radical (unpaired) electrons. The van der Waals surface area contributed by atoms with Crippen LogP contribution in [-0.2, 0) is 0 Å². The van der Waals surface area contributed by atoms with Gasteiger partial charge in [-0.3, -0.25) is 0 Å². The molecule has 1 heterocycles. The highest BCUT2D eigenvalue weighted by atomic mass is 32.2. The van der Waals surface area contributed by atoms with E-state index in [-0.39, 0.29) is 0 Å². The monoisotopic (exact) mass is 276 g/mol. The van der Waals surface area contributed by atoms with E-state index >= 15 is 0 Å². The average molecular weight is 276 g/mol. The largest absolute Gasteiger partial charge is 0.382 e. The minimum atomic E-state index is 0.479. The maximum atomic E-state index is 5.66. The molecule has 0 aliphatic rings. The first-order valence-electron chi connectivity index (χ1n) is 6.19. The predicted octanol–water partition coefficient (Wildman–Crippen LogP) is 3.75. The molecule has 0 bridgehead atoms. The maximum Gasteiger partial charge on any atom is 0.144 e. The molecule has 0 unspecified atom stereocenters. The Hall–Kier alpha value is -1.75. The van der Waals surface area contributed by atoms with Crippen LogP contribution < -0.4 is 10.5 Å². The summed E-state index contributed by atoms with van der Waals surface area (Å²) in [4.78, 5) is 8.54. The zero-order valence-corrected chi connectivity index (χ0v) is 12.6. The highest BCUT2D eigenvalue weighted by molar-refractivity contribution is 7.99. The van der Waals surface area contributed by atoms with Crippen molar-refractivity contribution in [3.8, 4) is 11.3 Å². The van der Waals surface area contributed by atoms with Crippen molar-refractivity contribution in [2.45, 2.75) is 20.8 Å². The number of nitrogens with two attached hydrogens (primary N) is 1. The molecule has 0 saturated heterocycles. The SMILES string of the molecule is CC.CSNc1cccc(-c2cnc(N)c(C)n2)c1. The standard InChI is InChI=1S/C12H14N4S.C2H6/c1-8-12(13)14-7-11(15-8)9-4-3-5-10(6-9)16-17-2;1-2/h3-7,16H,1-2H3,(H2,13,14);1-2H3. The second-order valence-corrected chi connectivity index (χ2v) is 4.23. The van der Waals surface area contributed by atoms with Crippen LogP contribution in [0.2, 0.25) is 0 Å². The number of aromatic nitrogens is 2. The van der Waals surface area contributed by atoms with Gasteiger partial charge in [-0.2, -0.15) is 0 Å². The summed E-state index contributed by atoms with van der Waals surface area (Å²) in [5.41, 5.74) is 9.32. The summed E-state index contributed by atoms with van der Waals surface area (Å²) in [5, 5.41) is 0. The lowest BCUT2D eigenvalue weighted by atomic mass is 10.1. The Morgan fingerprint density at radius 1 is 1.26 bits per heavy atom. The summed E-state index contributed by atoms with van der Waals surface area (Å²) in [6.45, 7) is 5.86. The average Bonchev–Trinajstić information content (AvgIpc) is 2.45. The number of benzene rings is 1. The third-order valence-corrected chi connectivity index (χ3v) is 2.80. The summed E-state index contributed by atoms with van der Waals surface area (Å²) < 4.78 is 3.19. The molecule has 0 amide bonds. The number of nitrogens with zero attached hydrogens (tertiary/aromatic N) is 2. The van der Waals surface area contributed by atoms with Gasteiger partial charge in [-0.1, -0.05) is 37.9 Å². The number of aryl methyl sites for hydroxylation is 1. The Kier molecular flexibility index (Phi) is 6.15. The normalized spacial score (nSPS) is 9.47. The molecule has 1 aromatic heterocycles. The van der Waals surface area contributed by atoms with E-state index in [1.54, 1.807) is 18.1 Å². The van der Waals surface area contributed by atoms with Crippen LogP contribution in [0.5, 0.6) is 0 Å². The van der Waals surface area contributed by atoms with E-state index in [1.807, 2.05) is 51.3 Å². The quantitative estimate of drug-likeness (QED) is 0.836. The smallest absolute Gasteiger partial charge is 0.144 e. The summed E-state index contributed by atoms with van der Waals surface area (Å²) in [6.07, 6.45) is 3.68. The van der Waals surface area contributed by atoms with E-state index in [4.69, 9.17) is 5.73 Å². The Morgan fingerprint density at radius 3 is 2.63 bits per heavy atom. The Balaban J connectivity index is 0.000000861. The van der Waals surface area contributed by atoms with Crippen LogP contribution in [-0.4, -0.2) is 16.2 Å². The van der Waals surface area contributed by atoms with Crippen LogP contribution in [0.4, 0.5) is 11.5 Å². The van der Waals surface area contributed by atoms with Crippen molar-refractivity contribution in [3.05, 3.63) is 36.2 Å². The molecule has 0 saturated carbocycles. The fourth-order valence-corrected chi connectivity index (χ4v) is 1.85. The van der Waals surface area contributed by atoms with Crippen molar-refractivity contribution in [1.82, 2.24) is 9.97 Å². The van der Waals surface area contributed by atoms with Gasteiger partial charge in [0.1, 0.15) is 5.82 Å². The Labute approximate surface area is 119 Å². The molecule has 0 aliphatic heterocycles.